The van der Waals surface area contributed by atoms with Crippen molar-refractivity contribution in [3.05, 3.63) is 48.8 Å². The molecular formula is C24H26N4O3. The van der Waals surface area contributed by atoms with E-state index in [2.05, 4.69) is 19.8 Å². The fourth-order valence-corrected chi connectivity index (χ4v) is 5.60. The van der Waals surface area contributed by atoms with Gasteiger partial charge in [0.15, 0.2) is 5.58 Å². The van der Waals surface area contributed by atoms with E-state index in [-0.39, 0.29) is 30.1 Å². The van der Waals surface area contributed by atoms with E-state index in [9.17, 15) is 4.79 Å². The molecule has 7 nitrogen and oxygen atoms in total. The molecule has 7 heteroatoms. The van der Waals surface area contributed by atoms with Gasteiger partial charge in [-0.15, -0.1) is 0 Å². The Kier molecular flexibility index (Phi) is 4.55. The second kappa shape index (κ2) is 7.55. The summed E-state index contributed by atoms with van der Waals surface area (Å²) in [6, 6.07) is 12.5. The Hall–Kier alpha value is -3.09. The van der Waals surface area contributed by atoms with Crippen molar-refractivity contribution in [3.8, 4) is 5.75 Å². The number of fused-ring (bicyclic) bond motifs is 3. The molecule has 0 saturated carbocycles. The zero-order chi connectivity index (χ0) is 20.8. The number of hydrogen-bond donors (Lipinski definition) is 0. The number of rotatable bonds is 4. The minimum atomic E-state index is -0.186. The maximum absolute atomic E-state index is 13.7. The van der Waals surface area contributed by atoms with Crippen LogP contribution in [0.25, 0.3) is 11.1 Å². The van der Waals surface area contributed by atoms with Gasteiger partial charge in [0.1, 0.15) is 23.4 Å². The molecule has 0 N–H and O–H groups in total. The second-order valence-electron chi connectivity index (χ2n) is 8.84. The number of piperidine rings is 1. The molecule has 3 saturated heterocycles. The van der Waals surface area contributed by atoms with E-state index >= 15 is 0 Å². The number of para-hydroxylation sites is 2. The van der Waals surface area contributed by atoms with Crippen molar-refractivity contribution in [2.75, 3.05) is 11.4 Å². The predicted molar refractivity (Wildman–Crippen MR) is 116 cm³/mol. The summed E-state index contributed by atoms with van der Waals surface area (Å²) in [6.07, 6.45) is 9.38. The summed E-state index contributed by atoms with van der Waals surface area (Å²) in [5.41, 5.74) is 1.61. The molecule has 6 rings (SSSR count). The molecule has 31 heavy (non-hydrogen) atoms. The van der Waals surface area contributed by atoms with E-state index in [1.165, 1.54) is 0 Å². The Morgan fingerprint density at radius 3 is 2.58 bits per heavy atom. The van der Waals surface area contributed by atoms with Gasteiger partial charge in [-0.05, 0) is 49.9 Å². The number of anilines is 1. The first-order valence-corrected chi connectivity index (χ1v) is 11.3. The lowest BCUT2D eigenvalue weighted by atomic mass is 9.98. The van der Waals surface area contributed by atoms with E-state index in [0.29, 0.717) is 6.01 Å². The van der Waals surface area contributed by atoms with Crippen molar-refractivity contribution in [2.45, 2.75) is 62.8 Å². The fraction of sp³-hybridized carbons (Fsp3) is 0.458. The third-order valence-corrected chi connectivity index (χ3v) is 6.96. The molecule has 0 radical (unpaired) electrons. The Bertz CT molecular complexity index is 1040. The van der Waals surface area contributed by atoms with Crippen LogP contribution in [0.4, 0.5) is 6.01 Å². The van der Waals surface area contributed by atoms with Crippen molar-refractivity contribution in [1.82, 2.24) is 14.9 Å². The minimum absolute atomic E-state index is 0.153. The number of pyridine rings is 1. The number of benzene rings is 1. The van der Waals surface area contributed by atoms with Crippen LogP contribution in [-0.2, 0) is 4.79 Å². The summed E-state index contributed by atoms with van der Waals surface area (Å²) in [4.78, 5) is 26.6. The summed E-state index contributed by atoms with van der Waals surface area (Å²) in [5, 5.41) is 0. The number of oxazole rings is 1. The highest BCUT2D eigenvalue weighted by Crippen LogP contribution is 2.39. The molecule has 0 aliphatic carbocycles. The van der Waals surface area contributed by atoms with Gasteiger partial charge in [-0.1, -0.05) is 12.1 Å². The molecule has 3 atom stereocenters. The highest BCUT2D eigenvalue weighted by atomic mass is 16.5. The van der Waals surface area contributed by atoms with Gasteiger partial charge in [-0.25, -0.2) is 0 Å². The van der Waals surface area contributed by atoms with Gasteiger partial charge in [0, 0.05) is 43.9 Å². The summed E-state index contributed by atoms with van der Waals surface area (Å²) in [5.74, 6) is 1.09. The van der Waals surface area contributed by atoms with E-state index in [1.54, 1.807) is 12.4 Å². The van der Waals surface area contributed by atoms with Gasteiger partial charge < -0.3 is 19.0 Å². The largest absolute Gasteiger partial charge is 0.490 e. The van der Waals surface area contributed by atoms with Crippen LogP contribution in [0.1, 0.15) is 38.5 Å². The van der Waals surface area contributed by atoms with Crippen LogP contribution in [0.5, 0.6) is 5.75 Å². The lowest BCUT2D eigenvalue weighted by Crippen LogP contribution is -2.55. The first kappa shape index (κ1) is 18.7. The molecule has 2 bridgehead atoms. The number of carbonyl (C=O) groups excluding carboxylic acids is 1. The standard InChI is InChI=1S/C24H26N4O3/c29-23(21-5-3-13-27(21)24-26-20-4-1-2-6-22(20)31-24)28-16-7-8-17(28)15-19(14-16)30-18-9-11-25-12-10-18/h1-2,4,6,9-12,16-17,19,21H,3,5,7-8,13-15H2. The van der Waals surface area contributed by atoms with Gasteiger partial charge in [-0.3, -0.25) is 9.78 Å². The molecule has 3 aliphatic rings. The molecule has 160 valence electrons. The SMILES string of the molecule is O=C(C1CCCN1c1nc2ccccc2o1)N1C2CCC1CC(Oc1ccncc1)C2. The molecular weight excluding hydrogens is 392 g/mol. The summed E-state index contributed by atoms with van der Waals surface area (Å²) < 4.78 is 12.2. The molecule has 3 aliphatic heterocycles. The highest BCUT2D eigenvalue weighted by Gasteiger charge is 2.47. The number of nitrogens with zero attached hydrogens (tertiary/aromatic N) is 4. The van der Waals surface area contributed by atoms with E-state index in [1.807, 2.05) is 36.4 Å². The lowest BCUT2D eigenvalue weighted by molar-refractivity contribution is -0.138. The third kappa shape index (κ3) is 3.32. The summed E-state index contributed by atoms with van der Waals surface area (Å²) in [6.45, 7) is 0.806. The van der Waals surface area contributed by atoms with E-state index in [4.69, 9.17) is 9.15 Å². The summed E-state index contributed by atoms with van der Waals surface area (Å²) >= 11 is 0. The Labute approximate surface area is 181 Å². The van der Waals surface area contributed by atoms with Crippen molar-refractivity contribution in [1.29, 1.82) is 0 Å². The van der Waals surface area contributed by atoms with Gasteiger partial charge in [0.05, 0.1) is 0 Å². The average molecular weight is 418 g/mol. The van der Waals surface area contributed by atoms with Crippen LogP contribution >= 0.6 is 0 Å². The van der Waals surface area contributed by atoms with Crippen LogP contribution < -0.4 is 9.64 Å². The monoisotopic (exact) mass is 418 g/mol. The number of aromatic nitrogens is 2. The highest BCUT2D eigenvalue weighted by molar-refractivity contribution is 5.87. The van der Waals surface area contributed by atoms with Crippen molar-refractivity contribution in [2.24, 2.45) is 0 Å². The normalized spacial score (nSPS) is 27.7. The second-order valence-corrected chi connectivity index (χ2v) is 8.84. The number of amides is 1. The zero-order valence-corrected chi connectivity index (χ0v) is 17.4. The van der Waals surface area contributed by atoms with Crippen LogP contribution in [-0.4, -0.2) is 51.5 Å². The van der Waals surface area contributed by atoms with Crippen molar-refractivity contribution in [3.63, 3.8) is 0 Å². The first-order valence-electron chi connectivity index (χ1n) is 11.3. The molecule has 1 aromatic carbocycles. The van der Waals surface area contributed by atoms with Gasteiger partial charge in [-0.2, -0.15) is 4.98 Å². The van der Waals surface area contributed by atoms with Crippen LogP contribution in [0.3, 0.4) is 0 Å². The van der Waals surface area contributed by atoms with Crippen LogP contribution in [0.15, 0.2) is 53.2 Å². The average Bonchev–Trinajstić information content (AvgIpc) is 3.50. The van der Waals surface area contributed by atoms with Crippen molar-refractivity contribution >= 4 is 23.0 Å². The maximum atomic E-state index is 13.7. The Morgan fingerprint density at radius 2 is 1.81 bits per heavy atom. The molecule has 5 heterocycles. The minimum Gasteiger partial charge on any atom is -0.490 e. The quantitative estimate of drug-likeness (QED) is 0.642. The molecule has 3 fully saturated rings. The van der Waals surface area contributed by atoms with E-state index < -0.39 is 0 Å². The molecule has 0 spiro atoms. The third-order valence-electron chi connectivity index (χ3n) is 6.96. The Morgan fingerprint density at radius 1 is 1.03 bits per heavy atom. The van der Waals surface area contributed by atoms with Gasteiger partial charge in [0.25, 0.3) is 6.01 Å². The molecule has 3 aromatic rings. The summed E-state index contributed by atoms with van der Waals surface area (Å²) in [7, 11) is 0. The maximum Gasteiger partial charge on any atom is 0.299 e. The predicted octanol–water partition coefficient (Wildman–Crippen LogP) is 3.79. The smallest absolute Gasteiger partial charge is 0.299 e. The van der Waals surface area contributed by atoms with E-state index in [0.717, 1.165) is 61.9 Å². The van der Waals surface area contributed by atoms with Crippen molar-refractivity contribution < 1.29 is 13.9 Å². The zero-order valence-electron chi connectivity index (χ0n) is 17.4. The number of carbonyl (C=O) groups is 1. The Balaban J connectivity index is 1.19. The molecule has 3 unspecified atom stereocenters. The topological polar surface area (TPSA) is 71.7 Å². The van der Waals surface area contributed by atoms with Crippen LogP contribution in [0.2, 0.25) is 0 Å². The van der Waals surface area contributed by atoms with Gasteiger partial charge >= 0.3 is 0 Å². The van der Waals surface area contributed by atoms with Gasteiger partial charge in [0.2, 0.25) is 5.91 Å². The molecule has 2 aromatic heterocycles. The number of hydrogen-bond acceptors (Lipinski definition) is 6. The lowest BCUT2D eigenvalue weighted by Gasteiger charge is -2.41. The molecule has 1 amide bonds. The fourth-order valence-electron chi connectivity index (χ4n) is 5.60. The number of ether oxygens (including phenoxy) is 1. The van der Waals surface area contributed by atoms with Crippen LogP contribution in [0, 0.1) is 0 Å². The first-order chi connectivity index (χ1) is 15.3.